The minimum absolute atomic E-state index is 0.0981. The number of hydrogen-bond donors (Lipinski definition) is 0. The van der Waals surface area contributed by atoms with Crippen molar-refractivity contribution in [3.63, 3.8) is 0 Å². The molecule has 2 aromatic carbocycles. The summed E-state index contributed by atoms with van der Waals surface area (Å²) in [4.78, 5) is 0. The fourth-order valence-electron chi connectivity index (χ4n) is 2.38. The number of rotatable bonds is 2. The standard InChI is InChI=1S/C16H17NO2Si/c1-17-15(18)13-9-11-7-5-6-8-12(11)10-14(13)16(17)19-20(2,3)4/h5-10H,1H2,2-4H3. The first-order valence-corrected chi connectivity index (χ1v) is 10.0. The molecule has 0 amide bonds. The number of benzene rings is 2. The van der Waals surface area contributed by atoms with Crippen LogP contribution in [0.4, 0.5) is 0 Å². The molecule has 102 valence electrons. The largest absolute Gasteiger partial charge is 0.822 e. The van der Waals surface area contributed by atoms with E-state index in [1.165, 1.54) is 4.58 Å². The highest BCUT2D eigenvalue weighted by Crippen LogP contribution is 2.16. The molecule has 1 heterocycles. The molecule has 0 aliphatic carbocycles. The van der Waals surface area contributed by atoms with Crippen LogP contribution in [0, 0.1) is 0 Å². The van der Waals surface area contributed by atoms with Crippen LogP contribution in [0.5, 0.6) is 0 Å². The fraction of sp³-hybridized carbons (Fsp3) is 0.188. The van der Waals surface area contributed by atoms with E-state index in [9.17, 15) is 5.11 Å². The van der Waals surface area contributed by atoms with E-state index in [4.69, 9.17) is 4.43 Å². The molecule has 0 bridgehead atoms. The van der Waals surface area contributed by atoms with E-state index in [2.05, 4.69) is 26.4 Å². The van der Waals surface area contributed by atoms with E-state index in [-0.39, 0.29) is 5.88 Å². The second-order valence-electron chi connectivity index (χ2n) is 6.00. The molecule has 3 rings (SSSR count). The predicted octanol–water partition coefficient (Wildman–Crippen LogP) is 0.910. The molecule has 0 N–H and O–H groups in total. The van der Waals surface area contributed by atoms with E-state index in [1.807, 2.05) is 36.4 Å². The van der Waals surface area contributed by atoms with E-state index in [1.54, 1.807) is 0 Å². The van der Waals surface area contributed by atoms with Crippen molar-refractivity contribution >= 4 is 37.6 Å². The molecule has 1 aliphatic rings. The van der Waals surface area contributed by atoms with Crippen molar-refractivity contribution in [3.05, 3.63) is 46.8 Å². The Kier molecular flexibility index (Phi) is 2.72. The summed E-state index contributed by atoms with van der Waals surface area (Å²) in [5, 5.41) is 16.0. The van der Waals surface area contributed by atoms with E-state index >= 15 is 0 Å². The van der Waals surface area contributed by atoms with Gasteiger partial charge in [-0.05, 0) is 42.5 Å². The molecular weight excluding hydrogens is 266 g/mol. The third kappa shape index (κ3) is 2.02. The average Bonchev–Trinajstić information content (AvgIpc) is 2.60. The second kappa shape index (κ2) is 4.21. The minimum Gasteiger partial charge on any atom is -0.822 e. The lowest BCUT2D eigenvalue weighted by molar-refractivity contribution is -0.475. The van der Waals surface area contributed by atoms with Crippen LogP contribution in [0.3, 0.4) is 0 Å². The van der Waals surface area contributed by atoms with Gasteiger partial charge in [-0.25, -0.2) is 0 Å². The Hall–Kier alpha value is -2.07. The topological polar surface area (TPSA) is 35.3 Å². The van der Waals surface area contributed by atoms with Gasteiger partial charge in [-0.1, -0.05) is 24.3 Å². The molecule has 0 fully saturated rings. The van der Waals surface area contributed by atoms with Crippen molar-refractivity contribution in [2.24, 2.45) is 0 Å². The first kappa shape index (κ1) is 12.9. The maximum atomic E-state index is 12.3. The summed E-state index contributed by atoms with van der Waals surface area (Å²) in [6.07, 6.45) is 0. The van der Waals surface area contributed by atoms with Gasteiger partial charge in [0.1, 0.15) is 6.72 Å². The molecule has 4 heteroatoms. The van der Waals surface area contributed by atoms with Gasteiger partial charge in [0.2, 0.25) is 8.32 Å². The van der Waals surface area contributed by atoms with Gasteiger partial charge in [0.05, 0.1) is 10.4 Å². The van der Waals surface area contributed by atoms with Crippen LogP contribution in [-0.2, 0) is 4.43 Å². The Morgan fingerprint density at radius 3 is 2.15 bits per heavy atom. The molecular formula is C16H17NO2Si. The van der Waals surface area contributed by atoms with Crippen molar-refractivity contribution in [2.75, 3.05) is 0 Å². The highest BCUT2D eigenvalue weighted by Gasteiger charge is 2.28. The van der Waals surface area contributed by atoms with Crippen LogP contribution in [0.15, 0.2) is 36.4 Å². The van der Waals surface area contributed by atoms with Crippen molar-refractivity contribution in [2.45, 2.75) is 19.6 Å². The van der Waals surface area contributed by atoms with E-state index in [0.29, 0.717) is 11.1 Å². The molecule has 2 aromatic rings. The van der Waals surface area contributed by atoms with Crippen LogP contribution in [0.1, 0.15) is 0 Å². The first-order valence-electron chi connectivity index (χ1n) is 6.61. The van der Waals surface area contributed by atoms with Gasteiger partial charge in [-0.2, -0.15) is 0 Å². The van der Waals surface area contributed by atoms with Gasteiger partial charge in [0.25, 0.3) is 0 Å². The molecule has 0 radical (unpaired) electrons. The quantitative estimate of drug-likeness (QED) is 0.606. The zero-order chi connectivity index (χ0) is 14.5. The SMILES string of the molecule is C=[N+]1C([O-])=c2cc3ccccc3cc2=C1O[Si](C)(C)C. The third-order valence-corrected chi connectivity index (χ3v) is 4.05. The van der Waals surface area contributed by atoms with Crippen LogP contribution in [0.2, 0.25) is 19.6 Å². The van der Waals surface area contributed by atoms with Crippen molar-refractivity contribution in [1.29, 1.82) is 0 Å². The normalized spacial score (nSPS) is 14.8. The molecule has 3 nitrogen and oxygen atoms in total. The molecule has 20 heavy (non-hydrogen) atoms. The Morgan fingerprint density at radius 1 is 1.05 bits per heavy atom. The van der Waals surface area contributed by atoms with Crippen molar-refractivity contribution in [3.8, 4) is 0 Å². The molecule has 0 saturated heterocycles. The van der Waals surface area contributed by atoms with Gasteiger partial charge in [0, 0.05) is 0 Å². The molecule has 0 aromatic heterocycles. The number of hydrogen-bond acceptors (Lipinski definition) is 2. The summed E-state index contributed by atoms with van der Waals surface area (Å²) in [7, 11) is -1.80. The minimum atomic E-state index is -1.80. The molecule has 0 spiro atoms. The highest BCUT2D eigenvalue weighted by molar-refractivity contribution is 6.70. The predicted molar refractivity (Wildman–Crippen MR) is 81.8 cm³/mol. The molecule has 0 unspecified atom stereocenters. The second-order valence-corrected chi connectivity index (χ2v) is 10.4. The van der Waals surface area contributed by atoms with Crippen molar-refractivity contribution in [1.82, 2.24) is 0 Å². The summed E-state index contributed by atoms with van der Waals surface area (Å²) in [6, 6.07) is 12.0. The van der Waals surface area contributed by atoms with Gasteiger partial charge < -0.3 is 9.53 Å². The summed E-state index contributed by atoms with van der Waals surface area (Å²) in [5.74, 6) is 0.494. The van der Waals surface area contributed by atoms with E-state index < -0.39 is 8.32 Å². The van der Waals surface area contributed by atoms with Gasteiger partial charge in [-0.3, -0.25) is 0 Å². The molecule has 1 aliphatic heterocycles. The van der Waals surface area contributed by atoms with Crippen LogP contribution < -0.4 is 15.5 Å². The lowest BCUT2D eigenvalue weighted by atomic mass is 10.1. The summed E-state index contributed by atoms with van der Waals surface area (Å²) in [6.45, 7) is 10.1. The summed E-state index contributed by atoms with van der Waals surface area (Å²) >= 11 is 0. The highest BCUT2D eigenvalue weighted by atomic mass is 28.4. The van der Waals surface area contributed by atoms with Crippen LogP contribution in [-0.4, -0.2) is 19.6 Å². The fourth-order valence-corrected chi connectivity index (χ4v) is 3.18. The first-order chi connectivity index (χ1) is 9.37. The smallest absolute Gasteiger partial charge is 0.367 e. The zero-order valence-electron chi connectivity index (χ0n) is 11.9. The summed E-state index contributed by atoms with van der Waals surface area (Å²) < 4.78 is 7.43. The molecule has 0 atom stereocenters. The lowest BCUT2D eigenvalue weighted by Gasteiger charge is -2.17. The van der Waals surface area contributed by atoms with Crippen molar-refractivity contribution < 1.29 is 14.1 Å². The lowest BCUT2D eigenvalue weighted by Crippen LogP contribution is -2.31. The molecule has 0 saturated carbocycles. The van der Waals surface area contributed by atoms with Crippen LogP contribution in [0.25, 0.3) is 22.5 Å². The van der Waals surface area contributed by atoms with Crippen LogP contribution >= 0.6 is 0 Å². The monoisotopic (exact) mass is 283 g/mol. The average molecular weight is 283 g/mol. The zero-order valence-corrected chi connectivity index (χ0v) is 12.9. The maximum Gasteiger partial charge on any atom is 0.367 e. The number of nitrogens with zero attached hydrogens (tertiary/aromatic N) is 1. The Morgan fingerprint density at radius 2 is 1.60 bits per heavy atom. The summed E-state index contributed by atoms with van der Waals surface area (Å²) in [5.41, 5.74) is 0. The Bertz CT molecular complexity index is 847. The maximum absolute atomic E-state index is 12.3. The number of fused-ring (bicyclic) bond motifs is 2. The Labute approximate surface area is 118 Å². The van der Waals surface area contributed by atoms with Gasteiger partial charge in [0.15, 0.2) is 5.88 Å². The van der Waals surface area contributed by atoms with E-state index in [0.717, 1.165) is 16.0 Å². The van der Waals surface area contributed by atoms with Gasteiger partial charge in [-0.15, -0.1) is 4.58 Å². The van der Waals surface area contributed by atoms with Gasteiger partial charge >= 0.3 is 5.88 Å². The Balaban J connectivity index is 2.38. The third-order valence-electron chi connectivity index (χ3n) is 3.24.